The number of H-pyrrole nitrogens is 1. The number of benzene rings is 2. The molecule has 0 amide bonds. The van der Waals surface area contributed by atoms with Crippen LogP contribution in [-0.2, 0) is 0 Å². The van der Waals surface area contributed by atoms with Gasteiger partial charge in [-0.2, -0.15) is 9.78 Å². The summed E-state index contributed by atoms with van der Waals surface area (Å²) in [5, 5.41) is 22.0. The molecule has 5 rings (SSSR count). The lowest BCUT2D eigenvalue weighted by Crippen LogP contribution is -2.29. The van der Waals surface area contributed by atoms with Gasteiger partial charge in [0.15, 0.2) is 0 Å². The van der Waals surface area contributed by atoms with Gasteiger partial charge in [0.05, 0.1) is 19.4 Å². The summed E-state index contributed by atoms with van der Waals surface area (Å²) < 4.78 is 12.5. The third-order valence-electron chi connectivity index (χ3n) is 5.14. The SMILES string of the molecule is CCOc1ccc(-c2n[nH]c(=O)c3c2[C@@H](c2ccc(OC)cc2)n2nnnc2N3)cc1. The predicted molar refractivity (Wildman–Crippen MR) is 113 cm³/mol. The molecule has 10 nitrogen and oxygen atoms in total. The largest absolute Gasteiger partial charge is 0.497 e. The van der Waals surface area contributed by atoms with Crippen LogP contribution in [0.4, 0.5) is 11.6 Å². The van der Waals surface area contributed by atoms with Gasteiger partial charge in [0.1, 0.15) is 23.2 Å². The number of hydrogen-bond donors (Lipinski definition) is 2. The fraction of sp³-hybridized carbons (Fsp3) is 0.190. The molecule has 0 saturated carbocycles. The molecule has 4 aromatic rings. The minimum absolute atomic E-state index is 0.350. The van der Waals surface area contributed by atoms with Gasteiger partial charge in [0, 0.05) is 11.1 Å². The number of fused-ring (bicyclic) bond motifs is 2. The molecule has 0 saturated heterocycles. The molecule has 156 valence electrons. The Morgan fingerprint density at radius 3 is 2.52 bits per heavy atom. The lowest BCUT2D eigenvalue weighted by molar-refractivity contribution is 0.340. The zero-order valence-corrected chi connectivity index (χ0v) is 16.9. The Bertz CT molecular complexity index is 1280. The number of tetrazole rings is 1. The summed E-state index contributed by atoms with van der Waals surface area (Å²) in [6, 6.07) is 14.7. The average Bonchev–Trinajstić information content (AvgIpc) is 3.28. The van der Waals surface area contributed by atoms with E-state index in [0.29, 0.717) is 29.5 Å². The van der Waals surface area contributed by atoms with Crippen molar-refractivity contribution in [3.63, 3.8) is 0 Å². The van der Waals surface area contributed by atoms with Crippen LogP contribution in [0.3, 0.4) is 0 Å². The third kappa shape index (κ3) is 3.18. The molecule has 0 radical (unpaired) electrons. The number of methoxy groups -OCH3 is 1. The highest BCUT2D eigenvalue weighted by molar-refractivity contribution is 5.75. The van der Waals surface area contributed by atoms with Crippen molar-refractivity contribution in [3.8, 4) is 22.8 Å². The summed E-state index contributed by atoms with van der Waals surface area (Å²) in [5.74, 6) is 1.87. The van der Waals surface area contributed by atoms with Gasteiger partial charge in [-0.05, 0) is 59.3 Å². The van der Waals surface area contributed by atoms with Crippen LogP contribution in [0, 0.1) is 0 Å². The van der Waals surface area contributed by atoms with E-state index in [4.69, 9.17) is 9.47 Å². The monoisotopic (exact) mass is 417 g/mol. The van der Waals surface area contributed by atoms with Gasteiger partial charge in [-0.1, -0.05) is 17.2 Å². The maximum Gasteiger partial charge on any atom is 0.288 e. The predicted octanol–water partition coefficient (Wildman–Crippen LogP) is 2.53. The van der Waals surface area contributed by atoms with E-state index in [-0.39, 0.29) is 5.56 Å². The highest BCUT2D eigenvalue weighted by Crippen LogP contribution is 2.41. The smallest absolute Gasteiger partial charge is 0.288 e. The van der Waals surface area contributed by atoms with E-state index in [1.54, 1.807) is 11.8 Å². The number of nitrogens with zero attached hydrogens (tertiary/aromatic N) is 5. The highest BCUT2D eigenvalue weighted by atomic mass is 16.5. The first-order valence-corrected chi connectivity index (χ1v) is 9.74. The Labute approximate surface area is 176 Å². The second kappa shape index (κ2) is 7.56. The van der Waals surface area contributed by atoms with Crippen molar-refractivity contribution in [3.05, 3.63) is 70.0 Å². The molecule has 1 aliphatic rings. The number of hydrogen-bond acceptors (Lipinski definition) is 8. The van der Waals surface area contributed by atoms with Crippen LogP contribution in [0.5, 0.6) is 11.5 Å². The first kappa shape index (κ1) is 18.8. The average molecular weight is 417 g/mol. The van der Waals surface area contributed by atoms with Crippen LogP contribution in [0.25, 0.3) is 11.3 Å². The molecule has 2 N–H and O–H groups in total. The van der Waals surface area contributed by atoms with Gasteiger partial charge < -0.3 is 14.8 Å². The van der Waals surface area contributed by atoms with Gasteiger partial charge in [0.2, 0.25) is 5.95 Å². The standard InChI is InChI=1S/C21H19N7O3/c1-3-31-15-10-4-12(5-11-15)17-16-18(20(29)24-23-17)22-21-25-26-27-28(21)19(16)13-6-8-14(30-2)9-7-13/h4-11,19H,3H2,1-2H3,(H,24,29)(H,22,25,27)/t19-/m1/s1. The van der Waals surface area contributed by atoms with Gasteiger partial charge in [-0.15, -0.1) is 0 Å². The third-order valence-corrected chi connectivity index (χ3v) is 5.14. The van der Waals surface area contributed by atoms with E-state index in [0.717, 1.165) is 22.6 Å². The first-order valence-electron chi connectivity index (χ1n) is 9.74. The molecule has 0 fully saturated rings. The van der Waals surface area contributed by atoms with Gasteiger partial charge in [0.25, 0.3) is 5.56 Å². The summed E-state index contributed by atoms with van der Waals surface area (Å²) >= 11 is 0. The van der Waals surface area contributed by atoms with Crippen molar-refractivity contribution in [2.75, 3.05) is 19.0 Å². The van der Waals surface area contributed by atoms with Crippen molar-refractivity contribution in [1.29, 1.82) is 0 Å². The van der Waals surface area contributed by atoms with Crippen LogP contribution in [0.1, 0.15) is 24.1 Å². The fourth-order valence-electron chi connectivity index (χ4n) is 3.73. The molecule has 0 aliphatic carbocycles. The Hall–Kier alpha value is -4.21. The number of nitrogens with one attached hydrogen (secondary N) is 2. The Morgan fingerprint density at radius 1 is 1.06 bits per heavy atom. The number of anilines is 2. The highest BCUT2D eigenvalue weighted by Gasteiger charge is 2.34. The normalized spacial score (nSPS) is 14.3. The Morgan fingerprint density at radius 2 is 1.81 bits per heavy atom. The number of rotatable bonds is 5. The van der Waals surface area contributed by atoms with Crippen molar-refractivity contribution < 1.29 is 9.47 Å². The minimum Gasteiger partial charge on any atom is -0.497 e. The molecule has 0 unspecified atom stereocenters. The number of ether oxygens (including phenoxy) is 2. The van der Waals surface area contributed by atoms with E-state index in [1.807, 2.05) is 55.5 Å². The molecule has 2 aromatic heterocycles. The Balaban J connectivity index is 1.71. The van der Waals surface area contributed by atoms with E-state index < -0.39 is 6.04 Å². The summed E-state index contributed by atoms with van der Waals surface area (Å²) in [7, 11) is 1.61. The van der Waals surface area contributed by atoms with E-state index >= 15 is 0 Å². The summed E-state index contributed by atoms with van der Waals surface area (Å²) in [5.41, 5.74) is 3.02. The van der Waals surface area contributed by atoms with Crippen molar-refractivity contribution in [2.24, 2.45) is 0 Å². The van der Waals surface area contributed by atoms with Crippen LogP contribution >= 0.6 is 0 Å². The molecular weight excluding hydrogens is 398 g/mol. The van der Waals surface area contributed by atoms with Crippen molar-refractivity contribution in [1.82, 2.24) is 30.4 Å². The summed E-state index contributed by atoms with van der Waals surface area (Å²) in [6.45, 7) is 2.51. The molecule has 10 heteroatoms. The molecule has 0 spiro atoms. The molecule has 2 aromatic carbocycles. The van der Waals surface area contributed by atoms with Gasteiger partial charge in [-0.3, -0.25) is 4.79 Å². The Kier molecular flexibility index (Phi) is 4.58. The lowest BCUT2D eigenvalue weighted by Gasteiger charge is -2.27. The zero-order valence-electron chi connectivity index (χ0n) is 16.9. The van der Waals surface area contributed by atoms with Gasteiger partial charge >= 0.3 is 0 Å². The summed E-state index contributed by atoms with van der Waals surface area (Å²) in [4.78, 5) is 12.7. The maximum absolute atomic E-state index is 12.7. The molecule has 0 bridgehead atoms. The fourth-order valence-corrected chi connectivity index (χ4v) is 3.73. The number of aromatic amines is 1. The summed E-state index contributed by atoms with van der Waals surface area (Å²) in [6.07, 6.45) is 0. The second-order valence-electron chi connectivity index (χ2n) is 6.90. The zero-order chi connectivity index (χ0) is 21.4. The van der Waals surface area contributed by atoms with E-state index in [9.17, 15) is 4.79 Å². The second-order valence-corrected chi connectivity index (χ2v) is 6.90. The first-order chi connectivity index (χ1) is 15.2. The van der Waals surface area contributed by atoms with Gasteiger partial charge in [-0.25, -0.2) is 5.10 Å². The quantitative estimate of drug-likeness (QED) is 0.448. The van der Waals surface area contributed by atoms with Crippen LogP contribution in [0.15, 0.2) is 53.3 Å². The minimum atomic E-state index is -0.455. The topological polar surface area (TPSA) is 120 Å². The molecular formula is C21H19N7O3. The van der Waals surface area contributed by atoms with Crippen molar-refractivity contribution in [2.45, 2.75) is 13.0 Å². The van der Waals surface area contributed by atoms with Crippen LogP contribution in [0.2, 0.25) is 0 Å². The molecule has 1 atom stereocenters. The maximum atomic E-state index is 12.7. The van der Waals surface area contributed by atoms with E-state index in [2.05, 4.69) is 31.0 Å². The number of aromatic nitrogens is 6. The van der Waals surface area contributed by atoms with Crippen LogP contribution < -0.4 is 20.3 Å². The van der Waals surface area contributed by atoms with Crippen LogP contribution in [-0.4, -0.2) is 44.1 Å². The molecule has 31 heavy (non-hydrogen) atoms. The lowest BCUT2D eigenvalue weighted by atomic mass is 9.92. The molecule has 3 heterocycles. The van der Waals surface area contributed by atoms with E-state index in [1.165, 1.54) is 0 Å². The molecule has 1 aliphatic heterocycles. The van der Waals surface area contributed by atoms with Crippen molar-refractivity contribution >= 4 is 11.6 Å².